The summed E-state index contributed by atoms with van der Waals surface area (Å²) in [5, 5.41) is 18.4. The molecule has 186 valence electrons. The van der Waals surface area contributed by atoms with E-state index in [0.29, 0.717) is 22.6 Å². The van der Waals surface area contributed by atoms with Crippen LogP contribution >= 0.6 is 0 Å². The number of fused-ring (bicyclic) bond motifs is 1. The zero-order valence-electron chi connectivity index (χ0n) is 19.5. The molecule has 4 heterocycles. The van der Waals surface area contributed by atoms with Gasteiger partial charge in [-0.05, 0) is 36.4 Å². The summed E-state index contributed by atoms with van der Waals surface area (Å²) in [5.74, 6) is -1.54. The Morgan fingerprint density at radius 2 is 2.06 bits per heavy atom. The maximum atomic E-state index is 14.1. The third kappa shape index (κ3) is 5.22. The van der Waals surface area contributed by atoms with Crippen LogP contribution in [0.5, 0.6) is 0 Å². The first-order chi connectivity index (χ1) is 17.2. The molecular weight excluding hydrogens is 469 g/mol. The van der Waals surface area contributed by atoms with Crippen LogP contribution in [-0.2, 0) is 0 Å². The van der Waals surface area contributed by atoms with E-state index < -0.39 is 17.7 Å². The number of rotatable bonds is 5. The molecule has 1 aliphatic heterocycles. The molecule has 0 aliphatic carbocycles. The van der Waals surface area contributed by atoms with E-state index in [1.54, 1.807) is 18.3 Å². The Balaban J connectivity index is 0.000000233. The topological polar surface area (TPSA) is 173 Å². The smallest absolute Gasteiger partial charge is 0.393 e. The lowest BCUT2D eigenvalue weighted by Crippen LogP contribution is -2.16. The maximum absolute atomic E-state index is 14.1. The van der Waals surface area contributed by atoms with E-state index in [9.17, 15) is 14.0 Å². The van der Waals surface area contributed by atoms with Gasteiger partial charge in [-0.25, -0.2) is 19.2 Å². The number of hydrogen-bond acceptors (Lipinski definition) is 8. The molecule has 1 unspecified atom stereocenters. The predicted octanol–water partition coefficient (Wildman–Crippen LogP) is 3.34. The van der Waals surface area contributed by atoms with Crippen molar-refractivity contribution in [2.24, 2.45) is 5.73 Å². The number of halogens is 1. The lowest BCUT2D eigenvalue weighted by Gasteiger charge is -2.14. The summed E-state index contributed by atoms with van der Waals surface area (Å²) in [6.45, 7) is 4.58. The molecule has 1 aromatic carbocycles. The molecule has 1 atom stereocenters. The number of imidazole rings is 1. The molecule has 0 spiro atoms. The number of amides is 1. The van der Waals surface area contributed by atoms with Crippen LogP contribution in [0, 0.1) is 5.82 Å². The Bertz CT molecular complexity index is 1440. The van der Waals surface area contributed by atoms with Crippen molar-refractivity contribution in [1.29, 1.82) is 0 Å². The highest BCUT2D eigenvalue weighted by Gasteiger charge is 2.18. The van der Waals surface area contributed by atoms with Crippen LogP contribution < -0.4 is 11.1 Å². The van der Waals surface area contributed by atoms with Gasteiger partial charge in [0.25, 0.3) is 5.91 Å². The number of carbonyl (C=O) groups is 2. The normalized spacial score (nSPS) is 14.8. The molecular formula is C24H24FN7O4. The zero-order chi connectivity index (χ0) is 25.8. The molecule has 0 saturated carbocycles. The number of aromatic carboxylic acids is 1. The van der Waals surface area contributed by atoms with Crippen molar-refractivity contribution in [2.75, 3.05) is 6.54 Å². The number of H-pyrrole nitrogens is 1. The van der Waals surface area contributed by atoms with Crippen molar-refractivity contribution >= 4 is 23.0 Å². The number of benzene rings is 1. The van der Waals surface area contributed by atoms with Gasteiger partial charge in [0.05, 0.1) is 5.56 Å². The second kappa shape index (κ2) is 10.3. The van der Waals surface area contributed by atoms with Crippen molar-refractivity contribution in [3.05, 3.63) is 71.7 Å². The molecule has 0 radical (unpaired) electrons. The fourth-order valence-corrected chi connectivity index (χ4v) is 3.60. The first-order valence-corrected chi connectivity index (χ1v) is 11.2. The van der Waals surface area contributed by atoms with Gasteiger partial charge in [-0.15, -0.1) is 10.2 Å². The number of aromatic nitrogens is 5. The van der Waals surface area contributed by atoms with Crippen LogP contribution in [0.4, 0.5) is 4.39 Å². The number of nitrogens with two attached hydrogens (primary N) is 1. The number of carboxylic acids is 1. The molecule has 1 aliphatic rings. The Hall–Kier alpha value is -4.61. The van der Waals surface area contributed by atoms with Crippen molar-refractivity contribution in [3.8, 4) is 11.1 Å². The van der Waals surface area contributed by atoms with E-state index in [1.807, 2.05) is 20.0 Å². The number of pyridine rings is 1. The first-order valence-electron chi connectivity index (χ1n) is 11.2. The molecule has 1 amide bonds. The van der Waals surface area contributed by atoms with Gasteiger partial charge < -0.3 is 25.6 Å². The SMILES string of the molecule is CC(C)c1nnc(C(=O)O)o1.NC(=O)c1ccc(-c2ccnc3[nH]c(C4C=CNCC4)nc23)cc1F. The second-order valence-corrected chi connectivity index (χ2v) is 8.35. The van der Waals surface area contributed by atoms with Crippen LogP contribution in [0.1, 0.15) is 64.9 Å². The number of primary amides is 1. The van der Waals surface area contributed by atoms with Crippen molar-refractivity contribution in [3.63, 3.8) is 0 Å². The summed E-state index contributed by atoms with van der Waals surface area (Å²) in [5.41, 5.74) is 7.73. The second-order valence-electron chi connectivity index (χ2n) is 8.35. The standard InChI is InChI=1S/C18H16FN5O.C6H8N2O3/c19-14-9-11(1-2-13(14)16(20)25)12-5-8-22-18-15(12)23-17(24-18)10-3-6-21-7-4-10;1-3(2)4-7-8-5(11-4)6(9)10/h1-3,5-6,8-10,21H,4,7H2,(H2,20,25)(H,22,23,24);3H,1-2H3,(H,9,10). The average Bonchev–Trinajstić information content (AvgIpc) is 3.53. The van der Waals surface area contributed by atoms with E-state index in [0.717, 1.165) is 24.4 Å². The Kier molecular flexibility index (Phi) is 7.04. The van der Waals surface area contributed by atoms with Gasteiger partial charge in [-0.3, -0.25) is 4.79 Å². The van der Waals surface area contributed by atoms with E-state index in [2.05, 4.69) is 36.5 Å². The van der Waals surface area contributed by atoms with Crippen LogP contribution in [0.25, 0.3) is 22.3 Å². The zero-order valence-corrected chi connectivity index (χ0v) is 19.5. The molecule has 5 N–H and O–H groups in total. The minimum atomic E-state index is -1.19. The van der Waals surface area contributed by atoms with Gasteiger partial charge in [-0.2, -0.15) is 0 Å². The average molecular weight is 493 g/mol. The fraction of sp³-hybridized carbons (Fsp3) is 0.250. The van der Waals surface area contributed by atoms with Crippen LogP contribution in [0.2, 0.25) is 0 Å². The van der Waals surface area contributed by atoms with Gasteiger partial charge >= 0.3 is 11.9 Å². The largest absolute Gasteiger partial charge is 0.474 e. The van der Waals surface area contributed by atoms with Crippen molar-refractivity contribution in [1.82, 2.24) is 30.5 Å². The predicted molar refractivity (Wildman–Crippen MR) is 128 cm³/mol. The minimum absolute atomic E-state index is 0.0654. The summed E-state index contributed by atoms with van der Waals surface area (Å²) < 4.78 is 18.9. The molecule has 0 saturated heterocycles. The summed E-state index contributed by atoms with van der Waals surface area (Å²) in [7, 11) is 0. The fourth-order valence-electron chi connectivity index (χ4n) is 3.60. The highest BCUT2D eigenvalue weighted by atomic mass is 19.1. The summed E-state index contributed by atoms with van der Waals surface area (Å²) in [6.07, 6.45) is 6.57. The summed E-state index contributed by atoms with van der Waals surface area (Å²) >= 11 is 0. The highest BCUT2D eigenvalue weighted by molar-refractivity contribution is 5.95. The van der Waals surface area contributed by atoms with E-state index in [4.69, 9.17) is 15.3 Å². The van der Waals surface area contributed by atoms with Crippen LogP contribution in [0.15, 0.2) is 47.2 Å². The molecule has 11 nitrogen and oxygen atoms in total. The third-order valence-electron chi connectivity index (χ3n) is 5.46. The number of carbonyl (C=O) groups excluding carboxylic acids is 1. The van der Waals surface area contributed by atoms with Gasteiger partial charge in [0, 0.05) is 30.1 Å². The lowest BCUT2D eigenvalue weighted by atomic mass is 10.0. The third-order valence-corrected chi connectivity index (χ3v) is 5.46. The summed E-state index contributed by atoms with van der Waals surface area (Å²) in [6, 6.07) is 6.14. The van der Waals surface area contributed by atoms with Crippen LogP contribution in [-0.4, -0.2) is 48.7 Å². The number of aromatic amines is 1. The molecule has 3 aromatic heterocycles. The molecule has 4 aromatic rings. The highest BCUT2D eigenvalue weighted by Crippen LogP contribution is 2.30. The number of nitrogens with one attached hydrogen (secondary N) is 2. The van der Waals surface area contributed by atoms with E-state index >= 15 is 0 Å². The van der Waals surface area contributed by atoms with Gasteiger partial charge in [0.2, 0.25) is 5.89 Å². The molecule has 0 fully saturated rings. The number of allylic oxidation sites excluding steroid dienone is 1. The van der Waals surface area contributed by atoms with Crippen LogP contribution in [0.3, 0.4) is 0 Å². The lowest BCUT2D eigenvalue weighted by molar-refractivity contribution is 0.0651. The molecule has 0 bridgehead atoms. The van der Waals surface area contributed by atoms with E-state index in [-0.39, 0.29) is 23.3 Å². The quantitative estimate of drug-likeness (QED) is 0.325. The maximum Gasteiger partial charge on any atom is 0.393 e. The first kappa shape index (κ1) is 24.5. The van der Waals surface area contributed by atoms with Crippen molar-refractivity contribution < 1.29 is 23.5 Å². The number of hydrogen-bond donors (Lipinski definition) is 4. The minimum Gasteiger partial charge on any atom is -0.474 e. The molecule has 12 heteroatoms. The summed E-state index contributed by atoms with van der Waals surface area (Å²) in [4.78, 5) is 33.7. The number of carboxylic acid groups (broad SMARTS) is 1. The number of nitrogens with zero attached hydrogens (tertiary/aromatic N) is 4. The van der Waals surface area contributed by atoms with Gasteiger partial charge in [-0.1, -0.05) is 26.0 Å². The monoisotopic (exact) mass is 493 g/mol. The van der Waals surface area contributed by atoms with Crippen molar-refractivity contribution in [2.45, 2.75) is 32.1 Å². The Morgan fingerprint density at radius 1 is 1.25 bits per heavy atom. The van der Waals surface area contributed by atoms with Gasteiger partial charge in [0.1, 0.15) is 17.2 Å². The van der Waals surface area contributed by atoms with E-state index in [1.165, 1.54) is 12.1 Å². The Morgan fingerprint density at radius 3 is 2.64 bits per heavy atom. The van der Waals surface area contributed by atoms with Gasteiger partial charge in [0.15, 0.2) is 5.65 Å². The Labute approximate surface area is 204 Å². The molecule has 36 heavy (non-hydrogen) atoms. The molecule has 5 rings (SSSR count).